The fourth-order valence-corrected chi connectivity index (χ4v) is 3.04. The van der Waals surface area contributed by atoms with Crippen molar-refractivity contribution >= 4 is 11.6 Å². The van der Waals surface area contributed by atoms with Gasteiger partial charge >= 0.3 is 0 Å². The summed E-state index contributed by atoms with van der Waals surface area (Å²) < 4.78 is 21.9. The van der Waals surface area contributed by atoms with Gasteiger partial charge in [0.05, 0.1) is 18.5 Å². The second-order valence-corrected chi connectivity index (χ2v) is 6.49. The van der Waals surface area contributed by atoms with Gasteiger partial charge in [-0.2, -0.15) is 5.10 Å². The maximum absolute atomic E-state index is 13.2. The number of carbonyl (C=O) groups excluding carboxylic acids is 1. The summed E-state index contributed by atoms with van der Waals surface area (Å²) in [6, 6.07) is 18.5. The van der Waals surface area contributed by atoms with Gasteiger partial charge in [0.25, 0.3) is 5.91 Å². The molecule has 1 amide bonds. The van der Waals surface area contributed by atoms with Crippen LogP contribution in [-0.2, 0) is 7.05 Å². The summed E-state index contributed by atoms with van der Waals surface area (Å²) in [5.41, 5.74) is 3.12. The summed E-state index contributed by atoms with van der Waals surface area (Å²) in [7, 11) is 3.51. The molecule has 0 saturated carbocycles. The van der Waals surface area contributed by atoms with Crippen molar-refractivity contribution in [3.8, 4) is 22.8 Å². The van der Waals surface area contributed by atoms with Gasteiger partial charge in [-0.05, 0) is 66.7 Å². The molecule has 0 saturated heterocycles. The minimum atomic E-state index is -0.364. The quantitative estimate of drug-likeness (QED) is 0.553. The van der Waals surface area contributed by atoms with E-state index in [1.807, 2.05) is 42.1 Å². The van der Waals surface area contributed by atoms with Crippen LogP contribution in [0.1, 0.15) is 10.5 Å². The normalized spacial score (nSPS) is 10.7. The molecule has 6 nitrogen and oxygen atoms in total. The average molecular weight is 390 g/mol. The van der Waals surface area contributed by atoms with Crippen LogP contribution < -0.4 is 10.1 Å². The molecule has 0 aliphatic heterocycles. The summed E-state index contributed by atoms with van der Waals surface area (Å²) in [4.78, 5) is 13.0. The summed E-state index contributed by atoms with van der Waals surface area (Å²) in [6.45, 7) is 0. The zero-order chi connectivity index (χ0) is 20.4. The standard InChI is InChI=1S/C22H19FN4O2/c1-26-13-3-4-20(26)19-14-21(22(28)24-16-7-5-15(23)6-8-16)27(25-19)17-9-11-18(29-2)12-10-17/h3-14H,1-2H3,(H,24,28). The lowest BCUT2D eigenvalue weighted by molar-refractivity contribution is 0.101. The van der Waals surface area contributed by atoms with E-state index in [2.05, 4.69) is 10.4 Å². The van der Waals surface area contributed by atoms with Crippen molar-refractivity contribution in [2.45, 2.75) is 0 Å². The maximum atomic E-state index is 13.2. The van der Waals surface area contributed by atoms with Crippen LogP contribution in [0.5, 0.6) is 5.75 Å². The van der Waals surface area contributed by atoms with E-state index >= 15 is 0 Å². The molecule has 2 aromatic heterocycles. The number of anilines is 1. The summed E-state index contributed by atoms with van der Waals surface area (Å²) in [5, 5.41) is 7.44. The molecule has 0 fully saturated rings. The Balaban J connectivity index is 1.75. The van der Waals surface area contributed by atoms with Gasteiger partial charge < -0.3 is 14.6 Å². The first-order chi connectivity index (χ1) is 14.0. The Morgan fingerprint density at radius 1 is 1.07 bits per heavy atom. The predicted octanol–water partition coefficient (Wildman–Crippen LogP) is 4.28. The highest BCUT2D eigenvalue weighted by Crippen LogP contribution is 2.24. The first-order valence-corrected chi connectivity index (χ1v) is 8.98. The molecule has 1 N–H and O–H groups in total. The number of carbonyl (C=O) groups is 1. The molecule has 0 bridgehead atoms. The van der Waals surface area contributed by atoms with Crippen molar-refractivity contribution in [2.75, 3.05) is 12.4 Å². The van der Waals surface area contributed by atoms with Crippen LogP contribution in [-0.4, -0.2) is 27.4 Å². The van der Waals surface area contributed by atoms with E-state index in [1.54, 1.807) is 30.0 Å². The predicted molar refractivity (Wildman–Crippen MR) is 109 cm³/mol. The molecule has 0 aliphatic rings. The van der Waals surface area contributed by atoms with E-state index in [9.17, 15) is 9.18 Å². The second-order valence-electron chi connectivity index (χ2n) is 6.49. The molecular formula is C22H19FN4O2. The second kappa shape index (κ2) is 7.63. The number of nitrogens with one attached hydrogen (secondary N) is 1. The SMILES string of the molecule is COc1ccc(-n2nc(-c3cccn3C)cc2C(=O)Nc2ccc(F)cc2)cc1. The summed E-state index contributed by atoms with van der Waals surface area (Å²) in [6.07, 6.45) is 1.92. The monoisotopic (exact) mass is 390 g/mol. The third-order valence-corrected chi connectivity index (χ3v) is 4.57. The van der Waals surface area contributed by atoms with Gasteiger partial charge in [0.2, 0.25) is 0 Å². The number of amides is 1. The highest BCUT2D eigenvalue weighted by molar-refractivity contribution is 6.04. The first kappa shape index (κ1) is 18.5. The van der Waals surface area contributed by atoms with Crippen molar-refractivity contribution in [3.05, 3.63) is 84.4 Å². The van der Waals surface area contributed by atoms with E-state index in [0.29, 0.717) is 22.8 Å². The molecule has 2 aromatic carbocycles. The van der Waals surface area contributed by atoms with Crippen molar-refractivity contribution < 1.29 is 13.9 Å². The Morgan fingerprint density at radius 3 is 2.41 bits per heavy atom. The van der Waals surface area contributed by atoms with Crippen LogP contribution >= 0.6 is 0 Å². The number of nitrogens with zero attached hydrogens (tertiary/aromatic N) is 3. The van der Waals surface area contributed by atoms with E-state index < -0.39 is 0 Å². The molecule has 0 atom stereocenters. The Bertz CT molecular complexity index is 1140. The van der Waals surface area contributed by atoms with Gasteiger partial charge in [0.1, 0.15) is 23.0 Å². The smallest absolute Gasteiger partial charge is 0.274 e. The zero-order valence-corrected chi connectivity index (χ0v) is 16.0. The molecule has 0 unspecified atom stereocenters. The molecule has 29 heavy (non-hydrogen) atoms. The summed E-state index contributed by atoms with van der Waals surface area (Å²) in [5.74, 6) is -0.00136. The number of hydrogen-bond acceptors (Lipinski definition) is 3. The largest absolute Gasteiger partial charge is 0.497 e. The van der Waals surface area contributed by atoms with E-state index in [-0.39, 0.29) is 11.7 Å². The van der Waals surface area contributed by atoms with Gasteiger partial charge in [-0.3, -0.25) is 4.79 Å². The van der Waals surface area contributed by atoms with Gasteiger partial charge in [-0.15, -0.1) is 0 Å². The highest BCUT2D eigenvalue weighted by atomic mass is 19.1. The average Bonchev–Trinajstić information content (AvgIpc) is 3.36. The Morgan fingerprint density at radius 2 is 1.79 bits per heavy atom. The number of aromatic nitrogens is 3. The van der Waals surface area contributed by atoms with E-state index in [4.69, 9.17) is 4.74 Å². The zero-order valence-electron chi connectivity index (χ0n) is 16.0. The number of rotatable bonds is 5. The third kappa shape index (κ3) is 3.75. The molecule has 7 heteroatoms. The lowest BCUT2D eigenvalue weighted by atomic mass is 10.2. The summed E-state index contributed by atoms with van der Waals surface area (Å²) >= 11 is 0. The maximum Gasteiger partial charge on any atom is 0.274 e. The van der Waals surface area contributed by atoms with Crippen molar-refractivity contribution in [2.24, 2.45) is 7.05 Å². The van der Waals surface area contributed by atoms with Gasteiger partial charge in [0.15, 0.2) is 0 Å². The molecule has 146 valence electrons. The Labute approximate surface area is 167 Å². The van der Waals surface area contributed by atoms with Crippen LogP contribution in [0.25, 0.3) is 17.1 Å². The van der Waals surface area contributed by atoms with Crippen LogP contribution in [0, 0.1) is 5.82 Å². The first-order valence-electron chi connectivity index (χ1n) is 8.98. The van der Waals surface area contributed by atoms with Gasteiger partial charge in [-0.25, -0.2) is 9.07 Å². The minimum Gasteiger partial charge on any atom is -0.497 e. The third-order valence-electron chi connectivity index (χ3n) is 4.57. The number of hydrogen-bond donors (Lipinski definition) is 1. The molecular weight excluding hydrogens is 371 g/mol. The number of benzene rings is 2. The highest BCUT2D eigenvalue weighted by Gasteiger charge is 2.19. The minimum absolute atomic E-state index is 0.347. The van der Waals surface area contributed by atoms with Crippen molar-refractivity contribution in [1.29, 1.82) is 0 Å². The van der Waals surface area contributed by atoms with Crippen molar-refractivity contribution in [1.82, 2.24) is 14.3 Å². The van der Waals surface area contributed by atoms with E-state index in [1.165, 1.54) is 24.3 Å². The number of ether oxygens (including phenoxy) is 1. The van der Waals surface area contributed by atoms with Crippen LogP contribution in [0.15, 0.2) is 72.9 Å². The molecule has 4 aromatic rings. The molecule has 0 aliphatic carbocycles. The topological polar surface area (TPSA) is 61.1 Å². The van der Waals surface area contributed by atoms with Crippen LogP contribution in [0.4, 0.5) is 10.1 Å². The number of halogens is 1. The lowest BCUT2D eigenvalue weighted by Gasteiger charge is -2.09. The van der Waals surface area contributed by atoms with E-state index in [0.717, 1.165) is 11.4 Å². The Hall–Kier alpha value is -3.87. The molecule has 0 radical (unpaired) electrons. The number of methoxy groups -OCH3 is 1. The Kier molecular flexibility index (Phi) is 4.87. The fraction of sp³-hybridized carbons (Fsp3) is 0.0909. The lowest BCUT2D eigenvalue weighted by Crippen LogP contribution is -2.17. The molecule has 4 rings (SSSR count). The fourth-order valence-electron chi connectivity index (χ4n) is 3.04. The van der Waals surface area contributed by atoms with Gasteiger partial charge in [-0.1, -0.05) is 0 Å². The van der Waals surface area contributed by atoms with Crippen LogP contribution in [0.3, 0.4) is 0 Å². The molecule has 2 heterocycles. The van der Waals surface area contributed by atoms with Gasteiger partial charge in [0, 0.05) is 18.9 Å². The molecule has 0 spiro atoms. The van der Waals surface area contributed by atoms with Crippen molar-refractivity contribution in [3.63, 3.8) is 0 Å². The van der Waals surface area contributed by atoms with Crippen LogP contribution in [0.2, 0.25) is 0 Å². The number of aryl methyl sites for hydroxylation is 1.